The van der Waals surface area contributed by atoms with Gasteiger partial charge in [0.05, 0.1) is 21.7 Å². The largest absolute Gasteiger partial charge is 0.481 e. The number of carboxylic acids is 2. The molecule has 0 radical (unpaired) electrons. The molecule has 8 nitrogen and oxygen atoms in total. The molecule has 0 spiro atoms. The number of nitrogen functional groups attached to an aromatic ring is 1. The second-order valence-electron chi connectivity index (χ2n) is 11.0. The molecule has 1 heterocycles. The van der Waals surface area contributed by atoms with Gasteiger partial charge in [0, 0.05) is 56.9 Å². The Kier molecular flexibility index (Phi) is 20.3. The third-order valence-electron chi connectivity index (χ3n) is 6.98. The van der Waals surface area contributed by atoms with Crippen LogP contribution in [0.25, 0.3) is 11.0 Å². The number of nitrogens with one attached hydrogen (secondary N) is 1. The molecule has 0 saturated heterocycles. The van der Waals surface area contributed by atoms with Crippen LogP contribution in [0.4, 0.5) is 5.69 Å². The first kappa shape index (κ1) is 44.4. The third-order valence-corrected chi connectivity index (χ3v) is 8.72. The highest BCUT2D eigenvalue weighted by molar-refractivity contribution is 6.36. The van der Waals surface area contributed by atoms with Crippen molar-refractivity contribution in [1.29, 1.82) is 0 Å². The van der Waals surface area contributed by atoms with E-state index in [1.807, 2.05) is 42.5 Å². The van der Waals surface area contributed by atoms with E-state index >= 15 is 0 Å². The SMILES string of the molecule is C=CC(=O)O.Nc1ccc(Cl)cc1Cl.O=C(CCCc1ccc(Cl)cc1Cl)CCc1nc2ccccc2[nH]1.O=C(O)CCCc1ccc(Cl)cc1Cl. The van der Waals surface area contributed by atoms with E-state index in [4.69, 9.17) is 85.6 Å². The van der Waals surface area contributed by atoms with E-state index < -0.39 is 11.9 Å². The maximum absolute atomic E-state index is 12.1. The van der Waals surface area contributed by atoms with Crippen molar-refractivity contribution in [2.75, 3.05) is 5.73 Å². The van der Waals surface area contributed by atoms with Crippen molar-refractivity contribution in [3.05, 3.63) is 139 Å². The summed E-state index contributed by atoms with van der Waals surface area (Å²) in [4.78, 5) is 39.3. The minimum Gasteiger partial charge on any atom is -0.481 e. The first-order chi connectivity index (χ1) is 24.7. The van der Waals surface area contributed by atoms with Crippen LogP contribution in [0.2, 0.25) is 30.1 Å². The molecular formula is C38H37Cl6N3O5. The zero-order valence-electron chi connectivity index (χ0n) is 27.9. The molecule has 5 N–H and O–H groups in total. The van der Waals surface area contributed by atoms with Gasteiger partial charge >= 0.3 is 11.9 Å². The van der Waals surface area contributed by atoms with Gasteiger partial charge in [-0.1, -0.05) is 100 Å². The van der Waals surface area contributed by atoms with Crippen molar-refractivity contribution < 1.29 is 24.6 Å². The summed E-state index contributed by atoms with van der Waals surface area (Å²) in [6.07, 6.45) is 5.55. The number of Topliss-reactive ketones (excluding diaryl/α,β-unsaturated/α-hetero) is 1. The van der Waals surface area contributed by atoms with Crippen molar-refractivity contribution in [1.82, 2.24) is 9.97 Å². The number of anilines is 1. The summed E-state index contributed by atoms with van der Waals surface area (Å²) in [5, 5.41) is 19.7. The molecule has 52 heavy (non-hydrogen) atoms. The van der Waals surface area contributed by atoms with Crippen LogP contribution in [0.15, 0.2) is 91.5 Å². The number of para-hydroxylation sites is 2. The zero-order valence-corrected chi connectivity index (χ0v) is 32.4. The Morgan fingerprint density at radius 1 is 0.692 bits per heavy atom. The molecule has 5 aromatic rings. The van der Waals surface area contributed by atoms with E-state index in [-0.39, 0.29) is 12.2 Å². The number of imidazole rings is 1. The maximum Gasteiger partial charge on any atom is 0.327 e. The van der Waals surface area contributed by atoms with Gasteiger partial charge in [0.2, 0.25) is 0 Å². The number of H-pyrrole nitrogens is 1. The number of hydrogen-bond acceptors (Lipinski definition) is 5. The molecule has 0 aliphatic rings. The second kappa shape index (κ2) is 23.7. The first-order valence-electron chi connectivity index (χ1n) is 15.8. The van der Waals surface area contributed by atoms with E-state index in [2.05, 4.69) is 16.5 Å². The van der Waals surface area contributed by atoms with E-state index in [1.54, 1.807) is 36.4 Å². The first-order valence-corrected chi connectivity index (χ1v) is 18.1. The van der Waals surface area contributed by atoms with E-state index in [0.29, 0.717) is 67.9 Å². The van der Waals surface area contributed by atoms with Gasteiger partial charge in [0.1, 0.15) is 11.6 Å². The molecule has 0 atom stereocenters. The fraction of sp³-hybridized carbons (Fsp3) is 0.211. The number of aromatic nitrogens is 2. The fourth-order valence-electron chi connectivity index (χ4n) is 4.36. The van der Waals surface area contributed by atoms with Gasteiger partial charge in [-0.05, 0) is 91.4 Å². The number of benzene rings is 4. The number of nitrogens with two attached hydrogens (primary N) is 1. The summed E-state index contributed by atoms with van der Waals surface area (Å²) in [5.41, 5.74) is 9.88. The number of aromatic amines is 1. The van der Waals surface area contributed by atoms with Crippen LogP contribution < -0.4 is 5.73 Å². The van der Waals surface area contributed by atoms with Gasteiger partial charge in [0.15, 0.2) is 0 Å². The number of carboxylic acid groups (broad SMARTS) is 2. The average Bonchev–Trinajstić information content (AvgIpc) is 3.52. The summed E-state index contributed by atoms with van der Waals surface area (Å²) in [7, 11) is 0. The highest BCUT2D eigenvalue weighted by atomic mass is 35.5. The van der Waals surface area contributed by atoms with Crippen LogP contribution in [0.3, 0.4) is 0 Å². The van der Waals surface area contributed by atoms with Crippen LogP contribution >= 0.6 is 69.6 Å². The average molecular weight is 828 g/mol. The molecule has 0 aliphatic carbocycles. The number of carbonyl (C=O) groups excluding carboxylic acids is 1. The number of aryl methyl sites for hydroxylation is 3. The van der Waals surface area contributed by atoms with Gasteiger partial charge in [0.25, 0.3) is 0 Å². The number of rotatable bonds is 12. The summed E-state index contributed by atoms with van der Waals surface area (Å²) in [5.74, 6) is -0.647. The predicted molar refractivity (Wildman–Crippen MR) is 215 cm³/mol. The van der Waals surface area contributed by atoms with Gasteiger partial charge in [-0.2, -0.15) is 0 Å². The van der Waals surface area contributed by atoms with Crippen molar-refractivity contribution in [2.45, 2.75) is 51.4 Å². The monoisotopic (exact) mass is 825 g/mol. The number of ketones is 1. The van der Waals surface area contributed by atoms with E-state index in [0.717, 1.165) is 46.9 Å². The molecule has 1 aromatic heterocycles. The van der Waals surface area contributed by atoms with Crippen molar-refractivity contribution >= 4 is 104 Å². The Hall–Kier alpha value is -3.76. The molecule has 276 valence electrons. The minimum absolute atomic E-state index is 0.166. The molecule has 0 aliphatic heterocycles. The number of halogens is 6. The molecule has 14 heteroatoms. The molecular weight excluding hydrogens is 791 g/mol. The van der Waals surface area contributed by atoms with Crippen molar-refractivity contribution in [3.63, 3.8) is 0 Å². The number of aliphatic carboxylic acids is 2. The highest BCUT2D eigenvalue weighted by Gasteiger charge is 2.08. The van der Waals surface area contributed by atoms with Crippen molar-refractivity contribution in [2.24, 2.45) is 0 Å². The van der Waals surface area contributed by atoms with E-state index in [9.17, 15) is 14.4 Å². The molecule has 0 fully saturated rings. The van der Waals surface area contributed by atoms with Gasteiger partial charge in [-0.3, -0.25) is 9.59 Å². The number of carbonyl (C=O) groups is 3. The lowest BCUT2D eigenvalue weighted by Crippen LogP contribution is -2.02. The number of nitrogens with zero attached hydrogens (tertiary/aromatic N) is 1. The summed E-state index contributed by atoms with van der Waals surface area (Å²) in [6.45, 7) is 2.96. The smallest absolute Gasteiger partial charge is 0.327 e. The van der Waals surface area contributed by atoms with Crippen LogP contribution in [0.1, 0.15) is 49.1 Å². The Morgan fingerprint density at radius 3 is 1.65 bits per heavy atom. The lowest BCUT2D eigenvalue weighted by molar-refractivity contribution is -0.137. The van der Waals surface area contributed by atoms with E-state index in [1.165, 1.54) is 0 Å². The minimum atomic E-state index is -0.981. The summed E-state index contributed by atoms with van der Waals surface area (Å²) < 4.78 is 0. The molecule has 4 aromatic carbocycles. The number of fused-ring (bicyclic) bond motifs is 1. The van der Waals surface area contributed by atoms with Crippen LogP contribution in [-0.2, 0) is 33.6 Å². The van der Waals surface area contributed by atoms with Crippen LogP contribution in [0, 0.1) is 0 Å². The molecule has 0 saturated carbocycles. The fourth-order valence-corrected chi connectivity index (χ4v) is 5.78. The Balaban J connectivity index is 0.000000281. The van der Waals surface area contributed by atoms with Gasteiger partial charge in [-0.25, -0.2) is 9.78 Å². The van der Waals surface area contributed by atoms with Gasteiger partial charge in [-0.15, -0.1) is 0 Å². The molecule has 0 unspecified atom stereocenters. The number of hydrogen-bond donors (Lipinski definition) is 4. The Morgan fingerprint density at radius 2 is 1.19 bits per heavy atom. The summed E-state index contributed by atoms with van der Waals surface area (Å²) >= 11 is 34.8. The quantitative estimate of drug-likeness (QED) is 0.0723. The maximum atomic E-state index is 12.1. The Labute approximate surface area is 332 Å². The molecule has 0 bridgehead atoms. The lowest BCUT2D eigenvalue weighted by atomic mass is 10.0. The molecule has 0 amide bonds. The highest BCUT2D eigenvalue weighted by Crippen LogP contribution is 2.24. The normalized spacial score (nSPS) is 10.1. The summed E-state index contributed by atoms with van der Waals surface area (Å²) in [6, 6.07) is 23.6. The third kappa shape index (κ3) is 17.6. The topological polar surface area (TPSA) is 146 Å². The second-order valence-corrected chi connectivity index (χ2v) is 13.6. The van der Waals surface area contributed by atoms with Crippen molar-refractivity contribution in [3.8, 4) is 0 Å². The Bertz CT molecular complexity index is 1920. The zero-order chi connectivity index (χ0) is 38.6. The standard InChI is InChI=1S/C19H18Cl2N2O.C10H10Cl2O2.C6H5Cl2N.C3H4O2/c20-14-9-8-13(16(21)12-14)4-3-5-15(24)10-11-19-22-17-6-1-2-7-18(17)23-19;11-8-5-4-7(9(12)6-8)2-1-3-10(13)14;7-4-1-2-6(9)5(8)3-4;1-2-3(4)5/h1-2,6-9,12H,3-5,10-11H2,(H,22,23);4-6H,1-3H2,(H,13,14);1-3H,9H2;2H,1H2,(H,4,5). The predicted octanol–water partition coefficient (Wildman–Crippen LogP) is 11.6. The van der Waals surface area contributed by atoms with Crippen LogP contribution in [0.5, 0.6) is 0 Å². The lowest BCUT2D eigenvalue weighted by Gasteiger charge is -2.04. The van der Waals surface area contributed by atoms with Crippen LogP contribution in [-0.4, -0.2) is 37.9 Å². The van der Waals surface area contributed by atoms with Gasteiger partial charge < -0.3 is 20.9 Å². The molecule has 5 rings (SSSR count).